The number of nitrogens with one attached hydrogen (secondary N) is 2. The van der Waals surface area contributed by atoms with E-state index in [9.17, 15) is 13.6 Å². The van der Waals surface area contributed by atoms with Crippen LogP contribution in [0.3, 0.4) is 0 Å². The van der Waals surface area contributed by atoms with Gasteiger partial charge >= 0.3 is 0 Å². The van der Waals surface area contributed by atoms with Gasteiger partial charge in [0.15, 0.2) is 0 Å². The van der Waals surface area contributed by atoms with Crippen LogP contribution in [0, 0.1) is 11.6 Å². The van der Waals surface area contributed by atoms with Gasteiger partial charge in [0.2, 0.25) is 5.91 Å². The lowest BCUT2D eigenvalue weighted by molar-refractivity contribution is -0.116. The minimum atomic E-state index is -0.817. The predicted octanol–water partition coefficient (Wildman–Crippen LogP) is 4.07. The monoisotopic (exact) mass is 340 g/mol. The molecule has 0 spiro atoms. The normalized spacial score (nSPS) is 10.3. The number of carbonyl (C=O) groups is 1. The van der Waals surface area contributed by atoms with Crippen molar-refractivity contribution < 1.29 is 18.3 Å². The average molecular weight is 341 g/mol. The zero-order valence-corrected chi connectivity index (χ0v) is 13.1. The number of carbonyl (C=O) groups excluding carboxylic acids is 1. The van der Waals surface area contributed by atoms with E-state index in [1.807, 2.05) is 0 Å². The molecule has 0 aliphatic rings. The first-order valence-corrected chi connectivity index (χ1v) is 7.19. The number of rotatable bonds is 6. The fourth-order valence-electron chi connectivity index (χ4n) is 1.93. The van der Waals surface area contributed by atoms with Crippen LogP contribution in [0.15, 0.2) is 36.4 Å². The number of benzene rings is 2. The Bertz CT molecular complexity index is 710. The third kappa shape index (κ3) is 4.82. The number of ether oxygens (including phenoxy) is 1. The zero-order chi connectivity index (χ0) is 16.8. The van der Waals surface area contributed by atoms with Gasteiger partial charge < -0.3 is 15.4 Å². The highest BCUT2D eigenvalue weighted by Gasteiger charge is 2.09. The number of amides is 1. The molecule has 0 saturated heterocycles. The van der Waals surface area contributed by atoms with E-state index in [4.69, 9.17) is 16.3 Å². The molecule has 0 aliphatic heterocycles. The fraction of sp³-hybridized carbons (Fsp3) is 0.188. The maximum absolute atomic E-state index is 13.4. The molecule has 4 nitrogen and oxygen atoms in total. The highest BCUT2D eigenvalue weighted by Crippen LogP contribution is 2.27. The Labute approximate surface area is 137 Å². The van der Waals surface area contributed by atoms with Crippen LogP contribution in [0.2, 0.25) is 5.02 Å². The first kappa shape index (κ1) is 17.0. The van der Waals surface area contributed by atoms with E-state index in [0.29, 0.717) is 29.1 Å². The summed E-state index contributed by atoms with van der Waals surface area (Å²) in [7, 11) is 1.53. The van der Waals surface area contributed by atoms with Crippen molar-refractivity contribution >= 4 is 28.9 Å². The summed E-state index contributed by atoms with van der Waals surface area (Å²) >= 11 is 5.91. The van der Waals surface area contributed by atoms with E-state index in [1.165, 1.54) is 13.2 Å². The van der Waals surface area contributed by atoms with E-state index in [0.717, 1.165) is 6.07 Å². The number of anilines is 2. The van der Waals surface area contributed by atoms with Crippen LogP contribution < -0.4 is 15.4 Å². The smallest absolute Gasteiger partial charge is 0.226 e. The first-order valence-electron chi connectivity index (χ1n) is 6.82. The number of hydrogen-bond donors (Lipinski definition) is 2. The summed E-state index contributed by atoms with van der Waals surface area (Å²) in [6, 6.07) is 8.04. The second kappa shape index (κ2) is 7.78. The standard InChI is InChI=1S/C16H15ClF2N2O2/c1-23-15-5-2-10(17)8-14(15)20-7-6-16(22)21-13-4-3-11(18)9-12(13)19/h2-5,8-9,20H,6-7H2,1H3,(H,21,22). The third-order valence-corrected chi connectivity index (χ3v) is 3.27. The van der Waals surface area contributed by atoms with Crippen LogP contribution in [0.5, 0.6) is 5.75 Å². The van der Waals surface area contributed by atoms with E-state index in [1.54, 1.807) is 18.2 Å². The van der Waals surface area contributed by atoms with Gasteiger partial charge in [0.05, 0.1) is 18.5 Å². The van der Waals surface area contributed by atoms with Gasteiger partial charge in [0, 0.05) is 24.1 Å². The molecule has 2 rings (SSSR count). The van der Waals surface area contributed by atoms with Crippen LogP contribution in [0.4, 0.5) is 20.2 Å². The Hall–Kier alpha value is -2.34. The average Bonchev–Trinajstić information content (AvgIpc) is 2.50. The number of halogens is 3. The van der Waals surface area contributed by atoms with Gasteiger partial charge in [-0.25, -0.2) is 8.78 Å². The van der Waals surface area contributed by atoms with Crippen molar-refractivity contribution in [1.82, 2.24) is 0 Å². The number of methoxy groups -OCH3 is 1. The van der Waals surface area contributed by atoms with Gasteiger partial charge in [-0.3, -0.25) is 4.79 Å². The fourth-order valence-corrected chi connectivity index (χ4v) is 2.10. The summed E-state index contributed by atoms with van der Waals surface area (Å²) < 4.78 is 31.4. The quantitative estimate of drug-likeness (QED) is 0.833. The largest absolute Gasteiger partial charge is 0.495 e. The van der Waals surface area contributed by atoms with Gasteiger partial charge in [-0.2, -0.15) is 0 Å². The van der Waals surface area contributed by atoms with E-state index in [-0.39, 0.29) is 12.1 Å². The van der Waals surface area contributed by atoms with Gasteiger partial charge in [-0.05, 0) is 30.3 Å². The van der Waals surface area contributed by atoms with Crippen LogP contribution in [-0.2, 0) is 4.79 Å². The van der Waals surface area contributed by atoms with E-state index < -0.39 is 17.5 Å². The molecule has 23 heavy (non-hydrogen) atoms. The molecule has 7 heteroatoms. The van der Waals surface area contributed by atoms with Crippen molar-refractivity contribution in [2.75, 3.05) is 24.3 Å². The molecule has 0 heterocycles. The third-order valence-electron chi connectivity index (χ3n) is 3.03. The second-order valence-corrected chi connectivity index (χ2v) is 5.13. The summed E-state index contributed by atoms with van der Waals surface area (Å²) in [4.78, 5) is 11.8. The minimum Gasteiger partial charge on any atom is -0.495 e. The maximum atomic E-state index is 13.4. The SMILES string of the molecule is COc1ccc(Cl)cc1NCCC(=O)Nc1ccc(F)cc1F. The molecule has 0 radical (unpaired) electrons. The maximum Gasteiger partial charge on any atom is 0.226 e. The molecule has 2 N–H and O–H groups in total. The van der Waals surface area contributed by atoms with Crippen LogP contribution in [-0.4, -0.2) is 19.6 Å². The Balaban J connectivity index is 1.89. The first-order chi connectivity index (χ1) is 11.0. The molecule has 122 valence electrons. The van der Waals surface area contributed by atoms with E-state index in [2.05, 4.69) is 10.6 Å². The molecule has 0 saturated carbocycles. The Kier molecular flexibility index (Phi) is 5.76. The van der Waals surface area contributed by atoms with Crippen molar-refractivity contribution in [3.05, 3.63) is 53.1 Å². The Morgan fingerprint density at radius 2 is 1.96 bits per heavy atom. The number of hydrogen-bond acceptors (Lipinski definition) is 3. The molecular weight excluding hydrogens is 326 g/mol. The highest BCUT2D eigenvalue weighted by molar-refractivity contribution is 6.30. The Morgan fingerprint density at radius 1 is 1.17 bits per heavy atom. The molecule has 0 atom stereocenters. The molecule has 0 bridgehead atoms. The molecule has 1 amide bonds. The van der Waals surface area contributed by atoms with Gasteiger partial charge in [-0.15, -0.1) is 0 Å². The van der Waals surface area contributed by atoms with Gasteiger partial charge in [0.1, 0.15) is 17.4 Å². The zero-order valence-electron chi connectivity index (χ0n) is 12.3. The lowest BCUT2D eigenvalue weighted by atomic mass is 10.2. The van der Waals surface area contributed by atoms with Gasteiger partial charge in [-0.1, -0.05) is 11.6 Å². The lowest BCUT2D eigenvalue weighted by Crippen LogP contribution is -2.17. The summed E-state index contributed by atoms with van der Waals surface area (Å²) in [6.07, 6.45) is 0.0898. The second-order valence-electron chi connectivity index (χ2n) is 4.69. The van der Waals surface area contributed by atoms with Crippen LogP contribution >= 0.6 is 11.6 Å². The molecular formula is C16H15ClF2N2O2. The van der Waals surface area contributed by atoms with Crippen LogP contribution in [0.25, 0.3) is 0 Å². The van der Waals surface area contributed by atoms with Crippen molar-refractivity contribution in [3.8, 4) is 5.75 Å². The van der Waals surface area contributed by atoms with Crippen LogP contribution in [0.1, 0.15) is 6.42 Å². The van der Waals surface area contributed by atoms with Gasteiger partial charge in [0.25, 0.3) is 0 Å². The predicted molar refractivity (Wildman–Crippen MR) is 86.1 cm³/mol. The summed E-state index contributed by atoms with van der Waals surface area (Å²) in [5.74, 6) is -1.32. The highest BCUT2D eigenvalue weighted by atomic mass is 35.5. The molecule has 0 fully saturated rings. The lowest BCUT2D eigenvalue weighted by Gasteiger charge is -2.11. The van der Waals surface area contributed by atoms with Crippen molar-refractivity contribution in [2.45, 2.75) is 6.42 Å². The molecule has 0 unspecified atom stereocenters. The van der Waals surface area contributed by atoms with Crippen molar-refractivity contribution in [3.63, 3.8) is 0 Å². The van der Waals surface area contributed by atoms with Crippen molar-refractivity contribution in [2.24, 2.45) is 0 Å². The Morgan fingerprint density at radius 3 is 2.65 bits per heavy atom. The molecule has 2 aromatic rings. The van der Waals surface area contributed by atoms with E-state index >= 15 is 0 Å². The van der Waals surface area contributed by atoms with Crippen molar-refractivity contribution in [1.29, 1.82) is 0 Å². The molecule has 2 aromatic carbocycles. The summed E-state index contributed by atoms with van der Waals surface area (Å²) in [5, 5.41) is 5.94. The summed E-state index contributed by atoms with van der Waals surface area (Å²) in [6.45, 7) is 0.297. The summed E-state index contributed by atoms with van der Waals surface area (Å²) in [5.41, 5.74) is 0.595. The molecule has 0 aromatic heterocycles. The molecule has 0 aliphatic carbocycles. The minimum absolute atomic E-state index is 0.0586. The topological polar surface area (TPSA) is 50.4 Å².